The number of pyridine rings is 1. The number of para-hydroxylation sites is 1. The van der Waals surface area contributed by atoms with Crippen LogP contribution in [0.5, 0.6) is 0 Å². The van der Waals surface area contributed by atoms with Gasteiger partial charge in [0.2, 0.25) is 0 Å². The van der Waals surface area contributed by atoms with Crippen molar-refractivity contribution in [3.8, 4) is 11.3 Å². The third-order valence-electron chi connectivity index (χ3n) is 4.00. The average Bonchev–Trinajstić information content (AvgIpc) is 2.72. The topological polar surface area (TPSA) is 97.4 Å². The lowest BCUT2D eigenvalue weighted by atomic mass is 10.0. The fourth-order valence-electron chi connectivity index (χ4n) is 2.69. The van der Waals surface area contributed by atoms with Crippen LogP contribution in [-0.4, -0.2) is 36.0 Å². The van der Waals surface area contributed by atoms with Gasteiger partial charge in [-0.15, -0.1) is 0 Å². The Morgan fingerprint density at radius 3 is 2.52 bits per heavy atom. The molecule has 0 unspecified atom stereocenters. The van der Waals surface area contributed by atoms with Crippen molar-refractivity contribution < 1.29 is 23.5 Å². The minimum absolute atomic E-state index is 0.209. The van der Waals surface area contributed by atoms with Gasteiger partial charge in [0.05, 0.1) is 16.8 Å². The third kappa shape index (κ3) is 4.92. The lowest BCUT2D eigenvalue weighted by Crippen LogP contribution is -2.41. The van der Waals surface area contributed by atoms with Crippen LogP contribution in [0.1, 0.15) is 17.3 Å². The first-order valence-electron chi connectivity index (χ1n) is 8.88. The van der Waals surface area contributed by atoms with Crippen molar-refractivity contribution >= 4 is 28.8 Å². The second kappa shape index (κ2) is 8.92. The molecule has 0 fully saturated rings. The molecule has 0 radical (unpaired) electrons. The Morgan fingerprint density at radius 2 is 1.79 bits per heavy atom. The zero-order valence-corrected chi connectivity index (χ0v) is 15.6. The molecule has 7 nitrogen and oxygen atoms in total. The van der Waals surface area contributed by atoms with Gasteiger partial charge in [0.15, 0.2) is 6.61 Å². The highest BCUT2D eigenvalue weighted by molar-refractivity contribution is 6.05. The zero-order chi connectivity index (χ0) is 20.8. The van der Waals surface area contributed by atoms with Crippen LogP contribution < -0.4 is 10.6 Å². The number of hydrogen-bond donors (Lipinski definition) is 2. The molecule has 0 aliphatic carbocycles. The van der Waals surface area contributed by atoms with E-state index in [1.165, 1.54) is 18.2 Å². The predicted octanol–water partition coefficient (Wildman–Crippen LogP) is 3.04. The summed E-state index contributed by atoms with van der Waals surface area (Å²) in [6.07, 6.45) is 0. The number of carbonyl (C=O) groups excluding carboxylic acids is 3. The van der Waals surface area contributed by atoms with E-state index in [2.05, 4.69) is 15.6 Å². The van der Waals surface area contributed by atoms with Crippen LogP contribution in [0.4, 0.5) is 9.18 Å². The lowest BCUT2D eigenvalue weighted by Gasteiger charge is -2.10. The predicted molar refractivity (Wildman–Crippen MR) is 105 cm³/mol. The number of nitrogens with zero attached hydrogens (tertiary/aromatic N) is 1. The number of benzene rings is 2. The first-order chi connectivity index (χ1) is 14.0. The van der Waals surface area contributed by atoms with E-state index in [9.17, 15) is 18.8 Å². The number of fused-ring (bicyclic) bond motifs is 1. The van der Waals surface area contributed by atoms with E-state index < -0.39 is 24.5 Å². The number of carbonyl (C=O) groups is 3. The first-order valence-corrected chi connectivity index (χ1v) is 8.88. The molecule has 0 atom stereocenters. The van der Waals surface area contributed by atoms with Crippen LogP contribution in [0.25, 0.3) is 22.2 Å². The van der Waals surface area contributed by atoms with Crippen molar-refractivity contribution in [2.75, 3.05) is 13.2 Å². The van der Waals surface area contributed by atoms with Crippen LogP contribution in [0.3, 0.4) is 0 Å². The highest BCUT2D eigenvalue weighted by Gasteiger charge is 2.17. The van der Waals surface area contributed by atoms with E-state index in [-0.39, 0.29) is 11.4 Å². The SMILES string of the molecule is CCNC(=O)NC(=O)COC(=O)c1cc(-c2ccc(F)cc2)nc2ccccc12. The Morgan fingerprint density at radius 1 is 1.07 bits per heavy atom. The monoisotopic (exact) mass is 395 g/mol. The van der Waals surface area contributed by atoms with E-state index in [0.717, 1.165) is 0 Å². The van der Waals surface area contributed by atoms with Gasteiger partial charge in [0.25, 0.3) is 5.91 Å². The molecule has 0 aliphatic rings. The van der Waals surface area contributed by atoms with Crippen molar-refractivity contribution in [2.24, 2.45) is 0 Å². The summed E-state index contributed by atoms with van der Waals surface area (Å²) in [5.41, 5.74) is 1.84. The normalized spacial score (nSPS) is 10.4. The number of halogens is 1. The van der Waals surface area contributed by atoms with Gasteiger partial charge >= 0.3 is 12.0 Å². The minimum atomic E-state index is -0.749. The maximum atomic E-state index is 13.2. The number of amides is 3. The summed E-state index contributed by atoms with van der Waals surface area (Å²) >= 11 is 0. The van der Waals surface area contributed by atoms with Crippen molar-refractivity contribution in [3.63, 3.8) is 0 Å². The summed E-state index contributed by atoms with van der Waals surface area (Å²) in [5.74, 6) is -1.87. The maximum Gasteiger partial charge on any atom is 0.339 e. The molecule has 1 aromatic heterocycles. The fraction of sp³-hybridized carbons (Fsp3) is 0.143. The van der Waals surface area contributed by atoms with Gasteiger partial charge in [-0.05, 0) is 43.3 Å². The molecule has 2 N–H and O–H groups in total. The Bertz CT molecular complexity index is 1070. The highest BCUT2D eigenvalue weighted by atomic mass is 19.1. The van der Waals surface area contributed by atoms with Crippen LogP contribution in [0.15, 0.2) is 54.6 Å². The molecular weight excluding hydrogens is 377 g/mol. The van der Waals surface area contributed by atoms with Gasteiger partial charge in [-0.3, -0.25) is 10.1 Å². The van der Waals surface area contributed by atoms with Crippen LogP contribution in [0.2, 0.25) is 0 Å². The van der Waals surface area contributed by atoms with Crippen molar-refractivity contribution in [1.82, 2.24) is 15.6 Å². The van der Waals surface area contributed by atoms with Gasteiger partial charge in [-0.1, -0.05) is 18.2 Å². The van der Waals surface area contributed by atoms with Crippen LogP contribution >= 0.6 is 0 Å². The van der Waals surface area contributed by atoms with E-state index in [1.807, 2.05) is 0 Å². The molecule has 8 heteroatoms. The zero-order valence-electron chi connectivity index (χ0n) is 15.6. The van der Waals surface area contributed by atoms with E-state index in [1.54, 1.807) is 43.3 Å². The Hall–Kier alpha value is -3.81. The third-order valence-corrected chi connectivity index (χ3v) is 4.00. The Labute approximate surface area is 165 Å². The summed E-state index contributed by atoms with van der Waals surface area (Å²) in [6.45, 7) is 1.45. The van der Waals surface area contributed by atoms with Crippen molar-refractivity contribution in [2.45, 2.75) is 6.92 Å². The molecule has 2 aromatic carbocycles. The number of hydrogen-bond acceptors (Lipinski definition) is 5. The molecule has 0 saturated carbocycles. The highest BCUT2D eigenvalue weighted by Crippen LogP contribution is 2.25. The number of rotatable bonds is 5. The number of ether oxygens (including phenoxy) is 1. The molecule has 0 bridgehead atoms. The average molecular weight is 395 g/mol. The summed E-state index contributed by atoms with van der Waals surface area (Å²) in [4.78, 5) is 40.2. The van der Waals surface area contributed by atoms with Crippen molar-refractivity contribution in [1.29, 1.82) is 0 Å². The molecule has 0 spiro atoms. The van der Waals surface area contributed by atoms with E-state index in [0.29, 0.717) is 28.7 Å². The van der Waals surface area contributed by atoms with Gasteiger partial charge in [-0.2, -0.15) is 0 Å². The Balaban J connectivity index is 1.85. The molecule has 3 rings (SSSR count). The second-order valence-electron chi connectivity index (χ2n) is 6.06. The number of aromatic nitrogens is 1. The molecule has 0 saturated heterocycles. The smallest absolute Gasteiger partial charge is 0.339 e. The van der Waals surface area contributed by atoms with Gasteiger partial charge in [0, 0.05) is 17.5 Å². The summed E-state index contributed by atoms with van der Waals surface area (Å²) in [7, 11) is 0. The molecule has 0 aliphatic heterocycles. The number of urea groups is 1. The number of nitrogens with one attached hydrogen (secondary N) is 2. The van der Waals surface area contributed by atoms with Gasteiger partial charge in [-0.25, -0.2) is 19.0 Å². The summed E-state index contributed by atoms with van der Waals surface area (Å²) in [5, 5.41) is 5.01. The first kappa shape index (κ1) is 19.9. The minimum Gasteiger partial charge on any atom is -0.452 e. The largest absolute Gasteiger partial charge is 0.452 e. The quantitative estimate of drug-likeness (QED) is 0.647. The number of esters is 1. The fourth-order valence-corrected chi connectivity index (χ4v) is 2.69. The molecule has 1 heterocycles. The van der Waals surface area contributed by atoms with E-state index in [4.69, 9.17) is 4.74 Å². The van der Waals surface area contributed by atoms with Crippen LogP contribution in [0, 0.1) is 5.82 Å². The Kier molecular flexibility index (Phi) is 6.13. The number of imide groups is 1. The van der Waals surface area contributed by atoms with Crippen molar-refractivity contribution in [3.05, 3.63) is 66.0 Å². The standard InChI is InChI=1S/C21H18FN3O4/c1-2-23-21(28)25-19(26)12-29-20(27)16-11-18(13-7-9-14(22)10-8-13)24-17-6-4-3-5-15(16)17/h3-11H,2,12H2,1H3,(H2,23,25,26,28). The second-order valence-corrected chi connectivity index (χ2v) is 6.06. The molecule has 3 aromatic rings. The summed E-state index contributed by atoms with van der Waals surface area (Å²) in [6, 6.07) is 13.6. The lowest BCUT2D eigenvalue weighted by molar-refractivity contribution is -0.123. The maximum absolute atomic E-state index is 13.2. The molecular formula is C21H18FN3O4. The molecule has 29 heavy (non-hydrogen) atoms. The van der Waals surface area contributed by atoms with E-state index >= 15 is 0 Å². The summed E-state index contributed by atoms with van der Waals surface area (Å²) < 4.78 is 18.3. The van der Waals surface area contributed by atoms with Gasteiger partial charge in [0.1, 0.15) is 5.82 Å². The molecule has 3 amide bonds. The van der Waals surface area contributed by atoms with Crippen LogP contribution in [-0.2, 0) is 9.53 Å². The van der Waals surface area contributed by atoms with Gasteiger partial charge < -0.3 is 10.1 Å². The molecule has 148 valence electrons.